The van der Waals surface area contributed by atoms with Gasteiger partial charge in [-0.2, -0.15) is 0 Å². The zero-order valence-electron chi connectivity index (χ0n) is 17.5. The van der Waals surface area contributed by atoms with Crippen LogP contribution in [0.5, 0.6) is 5.75 Å². The predicted molar refractivity (Wildman–Crippen MR) is 112 cm³/mol. The Balaban J connectivity index is 1.54. The van der Waals surface area contributed by atoms with Crippen LogP contribution in [0.25, 0.3) is 0 Å². The molecule has 0 unspecified atom stereocenters. The summed E-state index contributed by atoms with van der Waals surface area (Å²) in [6.45, 7) is 7.23. The van der Waals surface area contributed by atoms with Crippen molar-refractivity contribution in [1.82, 2.24) is 4.90 Å². The fourth-order valence-electron chi connectivity index (χ4n) is 7.09. The van der Waals surface area contributed by atoms with Crippen molar-refractivity contribution in [2.24, 2.45) is 17.3 Å². The van der Waals surface area contributed by atoms with Crippen LogP contribution in [0.15, 0.2) is 12.1 Å². The standard InChI is InChI=1S/C24H36N2O/c1-24-9-4-5-21(24)19-7-6-17-15-18(27-3)16-22(23(17)20(19)8-10-24)26-13-11-25(2)12-14-26/h15-16,19-21H,4-14H2,1-3H3/t19-,20+,21+,24+/m1/s1. The van der Waals surface area contributed by atoms with Crippen molar-refractivity contribution < 1.29 is 4.74 Å². The Kier molecular flexibility index (Phi) is 4.42. The molecule has 4 aliphatic rings. The van der Waals surface area contributed by atoms with Gasteiger partial charge in [-0.3, -0.25) is 0 Å². The van der Waals surface area contributed by atoms with Gasteiger partial charge in [0, 0.05) is 37.9 Å². The molecule has 3 heteroatoms. The third-order valence-corrected chi connectivity index (χ3v) is 8.63. The summed E-state index contributed by atoms with van der Waals surface area (Å²) in [5.41, 5.74) is 5.45. The number of anilines is 1. The van der Waals surface area contributed by atoms with E-state index in [1.165, 1.54) is 63.7 Å². The van der Waals surface area contributed by atoms with Crippen LogP contribution in [-0.4, -0.2) is 45.2 Å². The molecule has 0 amide bonds. The lowest BCUT2D eigenvalue weighted by atomic mass is 9.55. The molecule has 5 rings (SSSR count). The van der Waals surface area contributed by atoms with Gasteiger partial charge in [-0.05, 0) is 85.9 Å². The molecule has 3 fully saturated rings. The highest BCUT2D eigenvalue weighted by Crippen LogP contribution is 2.62. The molecule has 27 heavy (non-hydrogen) atoms. The van der Waals surface area contributed by atoms with E-state index in [9.17, 15) is 0 Å². The third-order valence-electron chi connectivity index (χ3n) is 8.63. The first kappa shape index (κ1) is 17.8. The molecule has 3 aliphatic carbocycles. The van der Waals surface area contributed by atoms with Gasteiger partial charge < -0.3 is 14.5 Å². The highest BCUT2D eigenvalue weighted by molar-refractivity contribution is 5.63. The number of hydrogen-bond donors (Lipinski definition) is 0. The Morgan fingerprint density at radius 1 is 1.04 bits per heavy atom. The molecule has 4 atom stereocenters. The number of methoxy groups -OCH3 is 1. The van der Waals surface area contributed by atoms with Crippen LogP contribution in [0, 0.1) is 17.3 Å². The topological polar surface area (TPSA) is 15.7 Å². The molecule has 0 N–H and O–H groups in total. The summed E-state index contributed by atoms with van der Waals surface area (Å²) in [6.07, 6.45) is 9.90. The molecule has 0 aromatic heterocycles. The maximum absolute atomic E-state index is 5.72. The molecule has 0 spiro atoms. The van der Waals surface area contributed by atoms with Gasteiger partial charge in [-0.1, -0.05) is 13.3 Å². The zero-order chi connectivity index (χ0) is 18.6. The predicted octanol–water partition coefficient (Wildman–Crippen LogP) is 4.69. The van der Waals surface area contributed by atoms with Gasteiger partial charge in [-0.15, -0.1) is 0 Å². The first-order chi connectivity index (χ1) is 13.1. The second-order valence-electron chi connectivity index (χ2n) is 10.0. The summed E-state index contributed by atoms with van der Waals surface area (Å²) in [5.74, 6) is 3.72. The smallest absolute Gasteiger partial charge is 0.121 e. The van der Waals surface area contributed by atoms with E-state index in [0.717, 1.165) is 36.6 Å². The van der Waals surface area contributed by atoms with Crippen LogP contribution < -0.4 is 9.64 Å². The van der Waals surface area contributed by atoms with Gasteiger partial charge in [0.1, 0.15) is 5.75 Å². The lowest BCUT2D eigenvalue weighted by Gasteiger charge is -2.50. The second-order valence-corrected chi connectivity index (χ2v) is 10.0. The summed E-state index contributed by atoms with van der Waals surface area (Å²) in [6, 6.07) is 4.71. The van der Waals surface area contributed by atoms with Gasteiger partial charge in [0.15, 0.2) is 0 Å². The summed E-state index contributed by atoms with van der Waals surface area (Å²) in [5, 5.41) is 0. The van der Waals surface area contributed by atoms with Crippen molar-refractivity contribution in [1.29, 1.82) is 0 Å². The Morgan fingerprint density at radius 2 is 1.85 bits per heavy atom. The zero-order valence-corrected chi connectivity index (χ0v) is 17.5. The van der Waals surface area contributed by atoms with E-state index < -0.39 is 0 Å². The number of rotatable bonds is 2. The summed E-state index contributed by atoms with van der Waals surface area (Å²) < 4.78 is 5.72. The first-order valence-corrected chi connectivity index (χ1v) is 11.2. The number of piperazine rings is 1. The van der Waals surface area contributed by atoms with Crippen molar-refractivity contribution >= 4 is 5.69 Å². The molecule has 1 saturated heterocycles. The minimum absolute atomic E-state index is 0.638. The molecule has 0 bridgehead atoms. The van der Waals surface area contributed by atoms with Crippen molar-refractivity contribution in [3.8, 4) is 5.75 Å². The highest BCUT2D eigenvalue weighted by Gasteiger charge is 2.50. The summed E-state index contributed by atoms with van der Waals surface area (Å²) in [7, 11) is 4.07. The molecule has 148 valence electrons. The van der Waals surface area contributed by atoms with E-state index in [-0.39, 0.29) is 0 Å². The van der Waals surface area contributed by atoms with E-state index in [4.69, 9.17) is 4.74 Å². The Hall–Kier alpha value is -1.22. The quantitative estimate of drug-likeness (QED) is 0.753. The largest absolute Gasteiger partial charge is 0.497 e. The monoisotopic (exact) mass is 368 g/mol. The van der Waals surface area contributed by atoms with Gasteiger partial charge >= 0.3 is 0 Å². The van der Waals surface area contributed by atoms with Crippen molar-refractivity contribution in [3.63, 3.8) is 0 Å². The molecule has 2 saturated carbocycles. The maximum atomic E-state index is 5.72. The van der Waals surface area contributed by atoms with E-state index in [1.54, 1.807) is 11.1 Å². The van der Waals surface area contributed by atoms with Crippen molar-refractivity contribution in [3.05, 3.63) is 23.3 Å². The molecule has 1 aromatic carbocycles. The molecule has 1 heterocycles. The van der Waals surface area contributed by atoms with E-state index in [0.29, 0.717) is 5.41 Å². The van der Waals surface area contributed by atoms with Crippen molar-refractivity contribution in [2.75, 3.05) is 45.2 Å². The average Bonchev–Trinajstić information content (AvgIpc) is 3.09. The molecule has 0 radical (unpaired) electrons. The van der Waals surface area contributed by atoms with Crippen LogP contribution in [0.1, 0.15) is 62.5 Å². The molecule has 1 aliphatic heterocycles. The van der Waals surface area contributed by atoms with Crippen LogP contribution in [-0.2, 0) is 6.42 Å². The van der Waals surface area contributed by atoms with Gasteiger partial charge in [-0.25, -0.2) is 0 Å². The minimum atomic E-state index is 0.638. The minimum Gasteiger partial charge on any atom is -0.497 e. The number of hydrogen-bond acceptors (Lipinski definition) is 3. The normalized spacial score (nSPS) is 36.1. The summed E-state index contributed by atoms with van der Waals surface area (Å²) >= 11 is 0. The Labute approximate surface area is 165 Å². The number of benzene rings is 1. The van der Waals surface area contributed by atoms with Gasteiger partial charge in [0.05, 0.1) is 7.11 Å². The first-order valence-electron chi connectivity index (χ1n) is 11.2. The lowest BCUT2D eigenvalue weighted by Crippen LogP contribution is -2.46. The fraction of sp³-hybridized carbons (Fsp3) is 0.750. The van der Waals surface area contributed by atoms with Crippen LogP contribution in [0.2, 0.25) is 0 Å². The molecular formula is C24H36N2O. The SMILES string of the molecule is COc1cc2c(c(N3CCN(C)CC3)c1)[C@H]1CC[C@]3(C)CCC[C@H]3[C@@H]1CC2. The van der Waals surface area contributed by atoms with Gasteiger partial charge in [0.2, 0.25) is 0 Å². The van der Waals surface area contributed by atoms with Crippen LogP contribution in [0.3, 0.4) is 0 Å². The average molecular weight is 369 g/mol. The maximum Gasteiger partial charge on any atom is 0.121 e. The van der Waals surface area contributed by atoms with E-state index in [1.807, 2.05) is 7.11 Å². The molecule has 3 nitrogen and oxygen atoms in total. The summed E-state index contributed by atoms with van der Waals surface area (Å²) in [4.78, 5) is 5.11. The van der Waals surface area contributed by atoms with E-state index in [2.05, 4.69) is 35.9 Å². The lowest BCUT2D eigenvalue weighted by molar-refractivity contribution is 0.0599. The van der Waals surface area contributed by atoms with Crippen molar-refractivity contribution in [2.45, 2.75) is 57.8 Å². The second kappa shape index (κ2) is 6.69. The van der Waals surface area contributed by atoms with E-state index >= 15 is 0 Å². The Bertz CT molecular complexity index is 709. The molecular weight excluding hydrogens is 332 g/mol. The number of fused-ring (bicyclic) bond motifs is 5. The fourth-order valence-corrected chi connectivity index (χ4v) is 7.09. The molecule has 1 aromatic rings. The third kappa shape index (κ3) is 2.88. The number of likely N-dealkylation sites (N-methyl/N-ethyl adjacent to an activating group) is 1. The number of aryl methyl sites for hydroxylation is 1. The number of ether oxygens (including phenoxy) is 1. The van der Waals surface area contributed by atoms with Gasteiger partial charge in [0.25, 0.3) is 0 Å². The van der Waals surface area contributed by atoms with Crippen LogP contribution in [0.4, 0.5) is 5.69 Å². The Morgan fingerprint density at radius 3 is 2.63 bits per heavy atom. The number of nitrogens with zero attached hydrogens (tertiary/aromatic N) is 2. The van der Waals surface area contributed by atoms with Crippen LogP contribution >= 0.6 is 0 Å². The highest BCUT2D eigenvalue weighted by atomic mass is 16.5.